The van der Waals surface area contributed by atoms with Gasteiger partial charge in [-0.05, 0) is 48.6 Å². The van der Waals surface area contributed by atoms with Crippen LogP contribution in [-0.4, -0.2) is 11.7 Å². The van der Waals surface area contributed by atoms with E-state index < -0.39 is 0 Å². The molecule has 0 bridgehead atoms. The fraction of sp³-hybridized carbons (Fsp3) is 0.267. The van der Waals surface area contributed by atoms with Crippen LogP contribution in [0, 0.1) is 13.8 Å². The van der Waals surface area contributed by atoms with Crippen LogP contribution < -0.4 is 5.32 Å². The molecule has 0 aliphatic carbocycles. The number of amides is 1. The zero-order valence-corrected chi connectivity index (χ0v) is 12.7. The van der Waals surface area contributed by atoms with Crippen LogP contribution in [0.1, 0.15) is 16.0 Å². The van der Waals surface area contributed by atoms with E-state index in [-0.39, 0.29) is 5.91 Å². The number of thioether (sulfide) groups is 1. The first-order valence-electron chi connectivity index (χ1n) is 6.14. The molecule has 1 aromatic carbocycles. The molecule has 0 radical (unpaired) electrons. The maximum Gasteiger partial charge on any atom is 0.230 e. The molecule has 100 valence electrons. The highest BCUT2D eigenvalue weighted by Crippen LogP contribution is 2.20. The third-order valence-electron chi connectivity index (χ3n) is 2.89. The molecule has 0 aliphatic heterocycles. The summed E-state index contributed by atoms with van der Waals surface area (Å²) in [5.41, 5.74) is 2.55. The van der Waals surface area contributed by atoms with Gasteiger partial charge in [0.05, 0.1) is 12.3 Å². The quantitative estimate of drug-likeness (QED) is 0.850. The summed E-state index contributed by atoms with van der Waals surface area (Å²) in [6.07, 6.45) is 0. The summed E-state index contributed by atoms with van der Waals surface area (Å²) in [6, 6.07) is 10.3. The molecule has 1 aromatic heterocycles. The molecule has 1 heterocycles. The SMILES string of the molecule is Cc1ccc(SCC(=O)NCc2cccs2)cc1C. The molecule has 19 heavy (non-hydrogen) atoms. The summed E-state index contributed by atoms with van der Waals surface area (Å²) in [4.78, 5) is 14.1. The maximum atomic E-state index is 11.7. The lowest BCUT2D eigenvalue weighted by atomic mass is 10.1. The van der Waals surface area contributed by atoms with Gasteiger partial charge >= 0.3 is 0 Å². The van der Waals surface area contributed by atoms with Crippen molar-refractivity contribution in [1.29, 1.82) is 0 Å². The Labute approximate surface area is 122 Å². The minimum atomic E-state index is 0.0802. The van der Waals surface area contributed by atoms with E-state index in [4.69, 9.17) is 0 Å². The van der Waals surface area contributed by atoms with E-state index in [9.17, 15) is 4.79 Å². The maximum absolute atomic E-state index is 11.7. The van der Waals surface area contributed by atoms with Crippen LogP contribution in [0.3, 0.4) is 0 Å². The van der Waals surface area contributed by atoms with Crippen LogP contribution in [-0.2, 0) is 11.3 Å². The van der Waals surface area contributed by atoms with E-state index in [2.05, 4.69) is 37.4 Å². The molecule has 0 saturated heterocycles. The van der Waals surface area contributed by atoms with Gasteiger partial charge in [0.15, 0.2) is 0 Å². The largest absolute Gasteiger partial charge is 0.350 e. The second kappa shape index (κ2) is 6.78. The number of thiophene rings is 1. The molecule has 1 N–H and O–H groups in total. The summed E-state index contributed by atoms with van der Waals surface area (Å²) >= 11 is 3.24. The van der Waals surface area contributed by atoms with E-state index in [1.165, 1.54) is 16.0 Å². The Hall–Kier alpha value is -1.26. The molecule has 2 rings (SSSR count). The van der Waals surface area contributed by atoms with Gasteiger partial charge in [0.2, 0.25) is 5.91 Å². The number of hydrogen-bond donors (Lipinski definition) is 1. The summed E-state index contributed by atoms with van der Waals surface area (Å²) in [7, 11) is 0. The molecule has 0 spiro atoms. The zero-order valence-electron chi connectivity index (χ0n) is 11.1. The number of nitrogens with one attached hydrogen (secondary N) is 1. The topological polar surface area (TPSA) is 29.1 Å². The van der Waals surface area contributed by atoms with Crippen molar-refractivity contribution >= 4 is 29.0 Å². The molecule has 1 amide bonds. The second-order valence-corrected chi connectivity index (χ2v) is 6.47. The van der Waals surface area contributed by atoms with Gasteiger partial charge in [-0.2, -0.15) is 0 Å². The first-order valence-corrected chi connectivity index (χ1v) is 8.01. The van der Waals surface area contributed by atoms with Gasteiger partial charge in [-0.25, -0.2) is 0 Å². The van der Waals surface area contributed by atoms with Crippen molar-refractivity contribution in [2.24, 2.45) is 0 Å². The first-order chi connectivity index (χ1) is 9.15. The Kier molecular flexibility index (Phi) is 5.05. The normalized spacial score (nSPS) is 10.4. The summed E-state index contributed by atoms with van der Waals surface area (Å²) in [5, 5.41) is 4.95. The molecule has 0 saturated carbocycles. The van der Waals surface area contributed by atoms with Crippen molar-refractivity contribution in [2.45, 2.75) is 25.3 Å². The molecule has 2 nitrogen and oxygen atoms in total. The van der Waals surface area contributed by atoms with Crippen LogP contribution in [0.15, 0.2) is 40.6 Å². The predicted octanol–water partition coefficient (Wildman–Crippen LogP) is 3.77. The van der Waals surface area contributed by atoms with Gasteiger partial charge < -0.3 is 5.32 Å². The highest BCUT2D eigenvalue weighted by molar-refractivity contribution is 8.00. The van der Waals surface area contributed by atoms with Crippen LogP contribution in [0.25, 0.3) is 0 Å². The minimum Gasteiger partial charge on any atom is -0.350 e. The van der Waals surface area contributed by atoms with Crippen molar-refractivity contribution in [3.05, 3.63) is 51.7 Å². The highest BCUT2D eigenvalue weighted by Gasteiger charge is 2.04. The molecule has 0 unspecified atom stereocenters. The summed E-state index contributed by atoms with van der Waals surface area (Å²) < 4.78 is 0. The first kappa shape index (κ1) is 14.2. The standard InChI is InChI=1S/C15H17NOS2/c1-11-5-6-13(8-12(11)2)19-10-15(17)16-9-14-4-3-7-18-14/h3-8H,9-10H2,1-2H3,(H,16,17). The van der Waals surface area contributed by atoms with E-state index in [0.29, 0.717) is 12.3 Å². The third-order valence-corrected chi connectivity index (χ3v) is 4.76. The number of aryl methyl sites for hydroxylation is 2. The Balaban J connectivity index is 1.78. The lowest BCUT2D eigenvalue weighted by molar-refractivity contribution is -0.118. The van der Waals surface area contributed by atoms with Gasteiger partial charge in [0.25, 0.3) is 0 Å². The predicted molar refractivity (Wildman–Crippen MR) is 82.8 cm³/mol. The van der Waals surface area contributed by atoms with Crippen LogP contribution in [0.5, 0.6) is 0 Å². The number of carbonyl (C=O) groups is 1. The van der Waals surface area contributed by atoms with Crippen molar-refractivity contribution < 1.29 is 4.79 Å². The van der Waals surface area contributed by atoms with Gasteiger partial charge in [-0.3, -0.25) is 4.79 Å². The van der Waals surface area contributed by atoms with Gasteiger partial charge in [-0.1, -0.05) is 12.1 Å². The second-order valence-electron chi connectivity index (χ2n) is 4.39. The van der Waals surface area contributed by atoms with E-state index in [0.717, 1.165) is 4.90 Å². The fourth-order valence-electron chi connectivity index (χ4n) is 1.60. The average molecular weight is 291 g/mol. The van der Waals surface area contributed by atoms with E-state index in [1.807, 2.05) is 17.5 Å². The zero-order chi connectivity index (χ0) is 13.7. The lowest BCUT2D eigenvalue weighted by Crippen LogP contribution is -2.24. The number of rotatable bonds is 5. The van der Waals surface area contributed by atoms with Crippen LogP contribution >= 0.6 is 23.1 Å². The minimum absolute atomic E-state index is 0.0802. The monoisotopic (exact) mass is 291 g/mol. The molecule has 0 aliphatic rings. The van der Waals surface area contributed by atoms with Crippen molar-refractivity contribution in [1.82, 2.24) is 5.32 Å². The molecular weight excluding hydrogens is 274 g/mol. The van der Waals surface area contributed by atoms with Crippen molar-refractivity contribution in [2.75, 3.05) is 5.75 Å². The smallest absolute Gasteiger partial charge is 0.230 e. The third kappa shape index (κ3) is 4.40. The van der Waals surface area contributed by atoms with Crippen LogP contribution in [0.4, 0.5) is 0 Å². The van der Waals surface area contributed by atoms with Gasteiger partial charge in [0, 0.05) is 9.77 Å². The lowest BCUT2D eigenvalue weighted by Gasteiger charge is -2.06. The Bertz CT molecular complexity index is 549. The summed E-state index contributed by atoms with van der Waals surface area (Å²) in [6.45, 7) is 4.82. The number of benzene rings is 1. The fourth-order valence-corrected chi connectivity index (χ4v) is 3.07. The Morgan fingerprint density at radius 1 is 1.26 bits per heavy atom. The van der Waals surface area contributed by atoms with Gasteiger partial charge in [-0.15, -0.1) is 23.1 Å². The highest BCUT2D eigenvalue weighted by atomic mass is 32.2. The molecule has 0 atom stereocenters. The molecule has 2 aromatic rings. The number of carbonyl (C=O) groups excluding carboxylic acids is 1. The Morgan fingerprint density at radius 2 is 2.11 bits per heavy atom. The number of hydrogen-bond acceptors (Lipinski definition) is 3. The molecule has 0 fully saturated rings. The summed E-state index contributed by atoms with van der Waals surface area (Å²) in [5.74, 6) is 0.546. The molecular formula is C15H17NOS2. The van der Waals surface area contributed by atoms with Crippen LogP contribution in [0.2, 0.25) is 0 Å². The van der Waals surface area contributed by atoms with E-state index >= 15 is 0 Å². The van der Waals surface area contributed by atoms with Crippen molar-refractivity contribution in [3.63, 3.8) is 0 Å². The molecule has 4 heteroatoms. The van der Waals surface area contributed by atoms with E-state index in [1.54, 1.807) is 23.1 Å². The Morgan fingerprint density at radius 3 is 2.79 bits per heavy atom. The average Bonchev–Trinajstić information content (AvgIpc) is 2.91. The van der Waals surface area contributed by atoms with Crippen molar-refractivity contribution in [3.8, 4) is 0 Å². The van der Waals surface area contributed by atoms with Gasteiger partial charge in [0.1, 0.15) is 0 Å².